The Bertz CT molecular complexity index is 705. The standard InChI is InChI=1S/C14H12ClF3N2O2/c1-7-5-10(19)13(15)20-12(7)9-4-3-8(6-11(9)21-2)22-14(16,17)18/h3-6H,19H2,1-2H3. The first-order valence-electron chi connectivity index (χ1n) is 6.08. The molecule has 4 nitrogen and oxygen atoms in total. The Labute approximate surface area is 129 Å². The maximum atomic E-state index is 12.3. The smallest absolute Gasteiger partial charge is 0.496 e. The second-order valence-electron chi connectivity index (χ2n) is 4.44. The zero-order valence-corrected chi connectivity index (χ0v) is 12.4. The highest BCUT2D eigenvalue weighted by Gasteiger charge is 2.31. The Hall–Kier alpha value is -2.15. The molecular formula is C14H12ClF3N2O2. The van der Waals surface area contributed by atoms with Crippen molar-refractivity contribution < 1.29 is 22.6 Å². The summed E-state index contributed by atoms with van der Waals surface area (Å²) < 4.78 is 45.7. The fraction of sp³-hybridized carbons (Fsp3) is 0.214. The zero-order chi connectivity index (χ0) is 16.5. The van der Waals surface area contributed by atoms with Gasteiger partial charge in [0.15, 0.2) is 5.15 Å². The van der Waals surface area contributed by atoms with Crippen LogP contribution in [-0.4, -0.2) is 18.5 Å². The molecule has 2 N–H and O–H groups in total. The lowest BCUT2D eigenvalue weighted by atomic mass is 10.1. The van der Waals surface area contributed by atoms with E-state index in [1.807, 2.05) is 0 Å². The molecule has 0 saturated carbocycles. The number of pyridine rings is 1. The molecule has 0 aliphatic heterocycles. The summed E-state index contributed by atoms with van der Waals surface area (Å²) in [5.74, 6) is -0.203. The molecule has 8 heteroatoms. The first-order valence-corrected chi connectivity index (χ1v) is 6.46. The van der Waals surface area contributed by atoms with Crippen molar-refractivity contribution in [1.82, 2.24) is 4.98 Å². The minimum atomic E-state index is -4.77. The summed E-state index contributed by atoms with van der Waals surface area (Å²) in [5, 5.41) is 0.110. The minimum absolute atomic E-state index is 0.110. The van der Waals surface area contributed by atoms with E-state index >= 15 is 0 Å². The number of ether oxygens (including phenoxy) is 2. The zero-order valence-electron chi connectivity index (χ0n) is 11.7. The van der Waals surface area contributed by atoms with Crippen LogP contribution in [0.4, 0.5) is 18.9 Å². The summed E-state index contributed by atoms with van der Waals surface area (Å²) in [4.78, 5) is 4.15. The third-order valence-corrected chi connectivity index (χ3v) is 3.16. The molecule has 0 aliphatic carbocycles. The molecule has 0 atom stereocenters. The fourth-order valence-corrected chi connectivity index (χ4v) is 2.09. The number of rotatable bonds is 3. The number of hydrogen-bond acceptors (Lipinski definition) is 4. The van der Waals surface area contributed by atoms with E-state index in [9.17, 15) is 13.2 Å². The molecular weight excluding hydrogens is 321 g/mol. The molecule has 0 unspecified atom stereocenters. The minimum Gasteiger partial charge on any atom is -0.496 e. The largest absolute Gasteiger partial charge is 0.573 e. The number of benzene rings is 1. The molecule has 0 bridgehead atoms. The highest BCUT2D eigenvalue weighted by Crippen LogP contribution is 2.37. The quantitative estimate of drug-likeness (QED) is 0.856. The second kappa shape index (κ2) is 5.92. The van der Waals surface area contributed by atoms with Gasteiger partial charge in [-0.3, -0.25) is 0 Å². The predicted octanol–water partition coefficient (Wildman–Crippen LogP) is 4.20. The van der Waals surface area contributed by atoms with E-state index in [0.29, 0.717) is 22.5 Å². The molecule has 1 aromatic carbocycles. The monoisotopic (exact) mass is 332 g/mol. The topological polar surface area (TPSA) is 57.4 Å². The van der Waals surface area contributed by atoms with E-state index in [1.54, 1.807) is 13.0 Å². The van der Waals surface area contributed by atoms with E-state index < -0.39 is 6.36 Å². The van der Waals surface area contributed by atoms with E-state index in [1.165, 1.54) is 19.2 Å². The Morgan fingerprint density at radius 3 is 2.50 bits per heavy atom. The van der Waals surface area contributed by atoms with Crippen LogP contribution >= 0.6 is 11.6 Å². The first-order chi connectivity index (χ1) is 10.2. The van der Waals surface area contributed by atoms with Gasteiger partial charge in [-0.1, -0.05) is 11.6 Å². The van der Waals surface area contributed by atoms with Crippen LogP contribution in [0.2, 0.25) is 5.15 Å². The normalized spacial score (nSPS) is 11.4. The number of aromatic nitrogens is 1. The van der Waals surface area contributed by atoms with E-state index in [2.05, 4.69) is 9.72 Å². The highest BCUT2D eigenvalue weighted by atomic mass is 35.5. The van der Waals surface area contributed by atoms with Crippen LogP contribution in [0.3, 0.4) is 0 Å². The average molecular weight is 333 g/mol. The first kappa shape index (κ1) is 16.2. The van der Waals surface area contributed by atoms with Gasteiger partial charge in [-0.15, -0.1) is 13.2 Å². The summed E-state index contributed by atoms with van der Waals surface area (Å²) in [6.07, 6.45) is -4.77. The van der Waals surface area contributed by atoms with Gasteiger partial charge in [0.25, 0.3) is 0 Å². The van der Waals surface area contributed by atoms with Gasteiger partial charge < -0.3 is 15.2 Å². The number of aryl methyl sites for hydroxylation is 1. The van der Waals surface area contributed by atoms with Gasteiger partial charge in [0.05, 0.1) is 18.5 Å². The number of hydrogen-bond donors (Lipinski definition) is 1. The highest BCUT2D eigenvalue weighted by molar-refractivity contribution is 6.32. The van der Waals surface area contributed by atoms with Gasteiger partial charge >= 0.3 is 6.36 Å². The van der Waals surface area contributed by atoms with Crippen LogP contribution < -0.4 is 15.2 Å². The molecule has 0 amide bonds. The Balaban J connectivity index is 2.50. The van der Waals surface area contributed by atoms with Crippen molar-refractivity contribution in [1.29, 1.82) is 0 Å². The number of anilines is 1. The molecule has 0 aliphatic rings. The van der Waals surface area contributed by atoms with Gasteiger partial charge in [0.1, 0.15) is 11.5 Å². The molecule has 2 rings (SSSR count). The Kier molecular flexibility index (Phi) is 4.37. The molecule has 1 aromatic heterocycles. The van der Waals surface area contributed by atoms with E-state index in [-0.39, 0.29) is 16.7 Å². The number of methoxy groups -OCH3 is 1. The Morgan fingerprint density at radius 1 is 1.23 bits per heavy atom. The summed E-state index contributed by atoms with van der Waals surface area (Å²) in [7, 11) is 1.34. The number of nitrogens with zero attached hydrogens (tertiary/aromatic N) is 1. The molecule has 22 heavy (non-hydrogen) atoms. The molecule has 118 valence electrons. The van der Waals surface area contributed by atoms with Crippen molar-refractivity contribution in [2.45, 2.75) is 13.3 Å². The van der Waals surface area contributed by atoms with Gasteiger partial charge in [-0.25, -0.2) is 4.98 Å². The lowest BCUT2D eigenvalue weighted by Crippen LogP contribution is -2.17. The predicted molar refractivity (Wildman–Crippen MR) is 77.1 cm³/mol. The molecule has 1 heterocycles. The molecule has 0 spiro atoms. The summed E-state index contributed by atoms with van der Waals surface area (Å²) in [6.45, 7) is 1.76. The van der Waals surface area contributed by atoms with Crippen LogP contribution in [0, 0.1) is 6.92 Å². The number of nitrogen functional groups attached to an aromatic ring is 1. The van der Waals surface area contributed by atoms with Crippen molar-refractivity contribution in [3.05, 3.63) is 35.0 Å². The summed E-state index contributed by atoms with van der Waals surface area (Å²) >= 11 is 5.90. The van der Waals surface area contributed by atoms with Crippen molar-refractivity contribution >= 4 is 17.3 Å². The summed E-state index contributed by atoms with van der Waals surface area (Å²) in [6, 6.07) is 5.36. The molecule has 0 saturated heterocycles. The van der Waals surface area contributed by atoms with Crippen molar-refractivity contribution in [3.63, 3.8) is 0 Å². The molecule has 0 fully saturated rings. The van der Waals surface area contributed by atoms with Gasteiger partial charge in [-0.2, -0.15) is 0 Å². The lowest BCUT2D eigenvalue weighted by Gasteiger charge is -2.14. The average Bonchev–Trinajstić information content (AvgIpc) is 2.41. The summed E-state index contributed by atoms with van der Waals surface area (Å²) in [5.41, 5.74) is 7.64. The maximum Gasteiger partial charge on any atom is 0.573 e. The van der Waals surface area contributed by atoms with Gasteiger partial charge in [0.2, 0.25) is 0 Å². The number of alkyl halides is 3. The van der Waals surface area contributed by atoms with Gasteiger partial charge in [0, 0.05) is 11.6 Å². The molecule has 0 radical (unpaired) electrons. The number of nitrogens with two attached hydrogens (primary N) is 1. The second-order valence-corrected chi connectivity index (χ2v) is 4.80. The van der Waals surface area contributed by atoms with Crippen LogP contribution in [0.5, 0.6) is 11.5 Å². The van der Waals surface area contributed by atoms with Crippen LogP contribution in [0.15, 0.2) is 24.3 Å². The SMILES string of the molecule is COc1cc(OC(F)(F)F)ccc1-c1nc(Cl)c(N)cc1C. The van der Waals surface area contributed by atoms with Gasteiger partial charge in [-0.05, 0) is 30.7 Å². The van der Waals surface area contributed by atoms with Crippen LogP contribution in [0.1, 0.15) is 5.56 Å². The van der Waals surface area contributed by atoms with Crippen LogP contribution in [-0.2, 0) is 0 Å². The van der Waals surface area contributed by atoms with E-state index in [4.69, 9.17) is 22.1 Å². The lowest BCUT2D eigenvalue weighted by molar-refractivity contribution is -0.274. The third-order valence-electron chi connectivity index (χ3n) is 2.86. The van der Waals surface area contributed by atoms with Crippen molar-refractivity contribution in [2.75, 3.05) is 12.8 Å². The molecule has 2 aromatic rings. The van der Waals surface area contributed by atoms with E-state index in [0.717, 1.165) is 6.07 Å². The van der Waals surface area contributed by atoms with Crippen LogP contribution in [0.25, 0.3) is 11.3 Å². The van der Waals surface area contributed by atoms with Crippen molar-refractivity contribution in [2.24, 2.45) is 0 Å². The fourth-order valence-electron chi connectivity index (χ4n) is 1.95. The maximum absolute atomic E-state index is 12.3. The number of halogens is 4. The van der Waals surface area contributed by atoms with Crippen molar-refractivity contribution in [3.8, 4) is 22.8 Å². The third kappa shape index (κ3) is 3.54. The Morgan fingerprint density at radius 2 is 1.91 bits per heavy atom.